The molecule has 2 aromatic rings. The number of ketones is 1. The highest BCUT2D eigenvalue weighted by Gasteiger charge is 2.47. The largest absolute Gasteiger partial charge is 0.493 e. The SMILES string of the molecule is CCCCOc1ccccc1[C@H]1C(C(=O)OCCC)=C(C)N=C2C[C@H](c3ccc(OC)c(OC)c3)CC(=O)C21. The van der Waals surface area contributed by atoms with E-state index in [-0.39, 0.29) is 11.7 Å². The predicted octanol–water partition coefficient (Wildman–Crippen LogP) is 6.41. The predicted molar refractivity (Wildman–Crippen MR) is 151 cm³/mol. The molecule has 3 atom stereocenters. The molecule has 0 saturated heterocycles. The van der Waals surface area contributed by atoms with E-state index in [4.69, 9.17) is 23.9 Å². The Morgan fingerprint density at radius 3 is 2.41 bits per heavy atom. The molecular weight excluding hydrogens is 494 g/mol. The fourth-order valence-corrected chi connectivity index (χ4v) is 5.59. The Bertz CT molecular complexity index is 1260. The lowest BCUT2D eigenvalue weighted by Crippen LogP contribution is -2.41. The number of para-hydroxylation sites is 1. The molecule has 0 amide bonds. The van der Waals surface area contributed by atoms with Crippen LogP contribution in [0.1, 0.15) is 75.8 Å². The van der Waals surface area contributed by atoms with Crippen LogP contribution in [0.3, 0.4) is 0 Å². The van der Waals surface area contributed by atoms with Gasteiger partial charge in [0.05, 0.1) is 38.9 Å². The molecular formula is C32H39NO6. The van der Waals surface area contributed by atoms with Gasteiger partial charge in [0, 0.05) is 29.3 Å². The minimum atomic E-state index is -0.551. The van der Waals surface area contributed by atoms with Crippen LogP contribution in [0, 0.1) is 5.92 Å². The van der Waals surface area contributed by atoms with Crippen molar-refractivity contribution in [1.29, 1.82) is 0 Å². The number of rotatable bonds is 11. The first kappa shape index (κ1) is 28.4. The van der Waals surface area contributed by atoms with Gasteiger partial charge in [0.15, 0.2) is 11.5 Å². The third-order valence-electron chi connectivity index (χ3n) is 7.50. The maximum atomic E-state index is 14.0. The van der Waals surface area contributed by atoms with Gasteiger partial charge in [0.2, 0.25) is 0 Å². The number of ether oxygens (including phenoxy) is 4. The number of hydrogen-bond acceptors (Lipinski definition) is 7. The molecule has 208 valence electrons. The fraction of sp³-hybridized carbons (Fsp3) is 0.469. The van der Waals surface area contributed by atoms with Gasteiger partial charge in [-0.25, -0.2) is 4.79 Å². The Kier molecular flexibility index (Phi) is 9.44. The van der Waals surface area contributed by atoms with Crippen molar-refractivity contribution < 1.29 is 28.5 Å². The van der Waals surface area contributed by atoms with E-state index < -0.39 is 17.8 Å². The van der Waals surface area contributed by atoms with Crippen molar-refractivity contribution in [2.75, 3.05) is 27.4 Å². The zero-order valence-corrected chi connectivity index (χ0v) is 23.6. The van der Waals surface area contributed by atoms with Gasteiger partial charge in [-0.2, -0.15) is 0 Å². The van der Waals surface area contributed by atoms with Gasteiger partial charge in [0.25, 0.3) is 0 Å². The van der Waals surface area contributed by atoms with Crippen LogP contribution in [0.5, 0.6) is 17.2 Å². The number of carbonyl (C=O) groups excluding carboxylic acids is 2. The molecule has 1 aliphatic heterocycles. The summed E-state index contributed by atoms with van der Waals surface area (Å²) in [6, 6.07) is 13.5. The summed E-state index contributed by atoms with van der Waals surface area (Å²) in [7, 11) is 3.21. The number of carbonyl (C=O) groups is 2. The third kappa shape index (κ3) is 6.02. The Hall–Kier alpha value is -3.61. The highest BCUT2D eigenvalue weighted by atomic mass is 16.5. The van der Waals surface area contributed by atoms with Crippen molar-refractivity contribution in [2.45, 2.75) is 64.7 Å². The average Bonchev–Trinajstić information content (AvgIpc) is 2.95. The molecule has 7 heteroatoms. The van der Waals surface area contributed by atoms with E-state index in [1.54, 1.807) is 14.2 Å². The molecule has 1 fully saturated rings. The van der Waals surface area contributed by atoms with Crippen molar-refractivity contribution in [3.8, 4) is 17.2 Å². The molecule has 0 bridgehead atoms. The van der Waals surface area contributed by atoms with E-state index in [2.05, 4.69) is 6.92 Å². The van der Waals surface area contributed by atoms with Gasteiger partial charge in [-0.1, -0.05) is 44.5 Å². The first-order chi connectivity index (χ1) is 18.9. The van der Waals surface area contributed by atoms with E-state index in [0.29, 0.717) is 61.0 Å². The van der Waals surface area contributed by atoms with Gasteiger partial charge < -0.3 is 18.9 Å². The maximum absolute atomic E-state index is 14.0. The summed E-state index contributed by atoms with van der Waals surface area (Å²) in [5.41, 5.74) is 3.66. The normalized spacial score (nSPS) is 20.7. The number of unbranched alkanes of at least 4 members (excludes halogenated alkanes) is 1. The Balaban J connectivity index is 1.76. The Morgan fingerprint density at radius 2 is 1.69 bits per heavy atom. The molecule has 1 unspecified atom stereocenters. The fourth-order valence-electron chi connectivity index (χ4n) is 5.59. The van der Waals surface area contributed by atoms with Crippen LogP contribution in [-0.2, 0) is 14.3 Å². The number of Topliss-reactive ketones (excluding diaryl/α,β-unsaturated/α-hetero) is 1. The molecule has 4 rings (SSSR count). The second-order valence-electron chi connectivity index (χ2n) is 10.1. The second-order valence-corrected chi connectivity index (χ2v) is 10.1. The van der Waals surface area contributed by atoms with Gasteiger partial charge in [-0.05, 0) is 55.9 Å². The van der Waals surface area contributed by atoms with Crippen molar-refractivity contribution in [2.24, 2.45) is 10.9 Å². The topological polar surface area (TPSA) is 83.4 Å². The van der Waals surface area contributed by atoms with Gasteiger partial charge in [0.1, 0.15) is 11.5 Å². The molecule has 0 spiro atoms. The van der Waals surface area contributed by atoms with Gasteiger partial charge in [-0.3, -0.25) is 9.79 Å². The number of nitrogens with zero attached hydrogens (tertiary/aromatic N) is 1. The van der Waals surface area contributed by atoms with Crippen molar-refractivity contribution in [3.63, 3.8) is 0 Å². The zero-order chi connectivity index (χ0) is 27.9. The zero-order valence-electron chi connectivity index (χ0n) is 23.6. The summed E-state index contributed by atoms with van der Waals surface area (Å²) in [5.74, 6) is 0.491. The van der Waals surface area contributed by atoms with Crippen molar-refractivity contribution >= 4 is 17.5 Å². The summed E-state index contributed by atoms with van der Waals surface area (Å²) in [6.45, 7) is 6.79. The smallest absolute Gasteiger partial charge is 0.336 e. The summed E-state index contributed by atoms with van der Waals surface area (Å²) < 4.78 is 22.7. The van der Waals surface area contributed by atoms with Crippen LogP contribution in [0.15, 0.2) is 58.7 Å². The van der Waals surface area contributed by atoms with Crippen LogP contribution in [-0.4, -0.2) is 44.9 Å². The summed E-state index contributed by atoms with van der Waals surface area (Å²) >= 11 is 0. The molecule has 0 aromatic heterocycles. The molecule has 2 aromatic carbocycles. The number of hydrogen-bond donors (Lipinski definition) is 0. The van der Waals surface area contributed by atoms with E-state index >= 15 is 0 Å². The first-order valence-corrected chi connectivity index (χ1v) is 13.8. The van der Waals surface area contributed by atoms with Crippen molar-refractivity contribution in [3.05, 3.63) is 64.9 Å². The van der Waals surface area contributed by atoms with Crippen LogP contribution >= 0.6 is 0 Å². The lowest BCUT2D eigenvalue weighted by atomic mass is 9.66. The van der Waals surface area contributed by atoms with Gasteiger partial charge >= 0.3 is 5.97 Å². The van der Waals surface area contributed by atoms with Crippen LogP contribution in [0.2, 0.25) is 0 Å². The minimum Gasteiger partial charge on any atom is -0.493 e. The summed E-state index contributed by atoms with van der Waals surface area (Å²) in [5, 5.41) is 0. The Labute approximate surface area is 231 Å². The molecule has 1 heterocycles. The lowest BCUT2D eigenvalue weighted by Gasteiger charge is -2.38. The number of benzene rings is 2. The molecule has 2 aliphatic rings. The average molecular weight is 534 g/mol. The number of aliphatic imine (C=N–C) groups is 1. The molecule has 0 N–H and O–H groups in total. The quantitative estimate of drug-likeness (QED) is 0.245. The second kappa shape index (κ2) is 13.0. The molecule has 39 heavy (non-hydrogen) atoms. The first-order valence-electron chi connectivity index (χ1n) is 13.8. The standard InChI is InChI=1S/C32H39NO6/c1-6-8-16-38-26-12-10-9-11-23(26)30-29(32(35)39-15-7-2)20(3)33-24-17-22(18-25(34)31(24)30)21-13-14-27(36-4)28(19-21)37-5/h9-14,19,22,30-31H,6-8,15-18H2,1-5H3/t22-,30-,31?/m0/s1. The molecule has 0 radical (unpaired) electrons. The minimum absolute atomic E-state index is 0.0506. The summed E-state index contributed by atoms with van der Waals surface area (Å²) in [4.78, 5) is 32.3. The number of fused-ring (bicyclic) bond motifs is 1. The van der Waals surface area contributed by atoms with Crippen molar-refractivity contribution in [1.82, 2.24) is 0 Å². The Morgan fingerprint density at radius 1 is 0.923 bits per heavy atom. The maximum Gasteiger partial charge on any atom is 0.336 e. The highest BCUT2D eigenvalue weighted by Crippen LogP contribution is 2.48. The van der Waals surface area contributed by atoms with Crippen LogP contribution < -0.4 is 14.2 Å². The van der Waals surface area contributed by atoms with Crippen LogP contribution in [0.4, 0.5) is 0 Å². The summed E-state index contributed by atoms with van der Waals surface area (Å²) in [6.07, 6.45) is 3.58. The van der Waals surface area contributed by atoms with E-state index in [1.165, 1.54) is 0 Å². The van der Waals surface area contributed by atoms with Gasteiger partial charge in [-0.15, -0.1) is 0 Å². The lowest BCUT2D eigenvalue weighted by molar-refractivity contribution is -0.139. The van der Waals surface area contributed by atoms with E-state index in [1.807, 2.05) is 56.3 Å². The highest BCUT2D eigenvalue weighted by molar-refractivity contribution is 6.12. The number of allylic oxidation sites excluding steroid dienone is 1. The van der Waals surface area contributed by atoms with Crippen LogP contribution in [0.25, 0.3) is 0 Å². The number of methoxy groups -OCH3 is 2. The monoisotopic (exact) mass is 533 g/mol. The number of esters is 1. The third-order valence-corrected chi connectivity index (χ3v) is 7.50. The van der Waals surface area contributed by atoms with E-state index in [0.717, 1.165) is 29.7 Å². The molecule has 1 saturated carbocycles. The molecule has 7 nitrogen and oxygen atoms in total. The van der Waals surface area contributed by atoms with E-state index in [9.17, 15) is 9.59 Å². The molecule has 1 aliphatic carbocycles.